The van der Waals surface area contributed by atoms with E-state index in [0.29, 0.717) is 40.1 Å². The molecule has 2 aromatic carbocycles. The van der Waals surface area contributed by atoms with Crippen LogP contribution in [0.3, 0.4) is 0 Å². The summed E-state index contributed by atoms with van der Waals surface area (Å²) < 4.78 is 19.1. The number of rotatable bonds is 5. The van der Waals surface area contributed by atoms with Crippen LogP contribution in [0.15, 0.2) is 48.8 Å². The first-order chi connectivity index (χ1) is 14.6. The van der Waals surface area contributed by atoms with Gasteiger partial charge >= 0.3 is 0 Å². The molecule has 0 fully saturated rings. The summed E-state index contributed by atoms with van der Waals surface area (Å²) in [4.78, 5) is 8.70. The summed E-state index contributed by atoms with van der Waals surface area (Å²) in [7, 11) is 1.55. The van der Waals surface area contributed by atoms with Crippen molar-refractivity contribution in [1.82, 2.24) is 20.2 Å². The van der Waals surface area contributed by atoms with E-state index >= 15 is 0 Å². The number of nitrogens with zero attached hydrogens (tertiary/aromatic N) is 5. The lowest BCUT2D eigenvalue weighted by Crippen LogP contribution is -2.06. The molecule has 4 aromatic rings. The minimum atomic E-state index is -0.465. The fraction of sp³-hybridized carbons (Fsp3) is 0.136. The topological polar surface area (TPSA) is 96.6 Å². The zero-order valence-corrected chi connectivity index (χ0v) is 16.3. The highest BCUT2D eigenvalue weighted by Gasteiger charge is 2.14. The molecule has 0 aliphatic carbocycles. The molecule has 30 heavy (non-hydrogen) atoms. The van der Waals surface area contributed by atoms with Gasteiger partial charge in [0.2, 0.25) is 0 Å². The summed E-state index contributed by atoms with van der Waals surface area (Å²) in [5.74, 6) is 0.646. The van der Waals surface area contributed by atoms with Gasteiger partial charge in [0.1, 0.15) is 29.2 Å². The SMILES string of the molecule is COc1cc(-c2ccc(F)cc2C#N)cc2c(NCc3ccc(C)nn3)ncnc12. The van der Waals surface area contributed by atoms with Crippen LogP contribution in [0, 0.1) is 24.1 Å². The van der Waals surface area contributed by atoms with Crippen molar-refractivity contribution >= 4 is 16.7 Å². The Labute approximate surface area is 172 Å². The first-order valence-corrected chi connectivity index (χ1v) is 9.15. The van der Waals surface area contributed by atoms with Crippen molar-refractivity contribution in [2.24, 2.45) is 0 Å². The Morgan fingerprint density at radius 3 is 2.70 bits per heavy atom. The van der Waals surface area contributed by atoms with Crippen LogP contribution in [0.1, 0.15) is 17.0 Å². The van der Waals surface area contributed by atoms with E-state index in [9.17, 15) is 9.65 Å². The van der Waals surface area contributed by atoms with E-state index in [1.165, 1.54) is 18.5 Å². The lowest BCUT2D eigenvalue weighted by molar-refractivity contribution is 0.419. The molecule has 1 N–H and O–H groups in total. The van der Waals surface area contributed by atoms with Gasteiger partial charge in [0.15, 0.2) is 0 Å². The molecular formula is C22H17FN6O. The van der Waals surface area contributed by atoms with Crippen LogP contribution in [0.25, 0.3) is 22.0 Å². The van der Waals surface area contributed by atoms with Crippen LogP contribution in [0.5, 0.6) is 5.75 Å². The molecule has 4 rings (SSSR count). The molecule has 0 atom stereocenters. The Bertz CT molecular complexity index is 1270. The number of ether oxygens (including phenoxy) is 1. The zero-order valence-electron chi connectivity index (χ0n) is 16.3. The first-order valence-electron chi connectivity index (χ1n) is 9.15. The van der Waals surface area contributed by atoms with Gasteiger partial charge in [-0.25, -0.2) is 14.4 Å². The Balaban J connectivity index is 1.80. The van der Waals surface area contributed by atoms with E-state index in [2.05, 4.69) is 25.5 Å². The molecular weight excluding hydrogens is 383 g/mol. The molecule has 148 valence electrons. The minimum absolute atomic E-state index is 0.234. The van der Waals surface area contributed by atoms with E-state index in [0.717, 1.165) is 11.4 Å². The average molecular weight is 400 g/mol. The number of aromatic nitrogens is 4. The zero-order chi connectivity index (χ0) is 21.1. The van der Waals surface area contributed by atoms with Crippen molar-refractivity contribution < 1.29 is 9.13 Å². The number of nitriles is 1. The number of aryl methyl sites for hydroxylation is 1. The summed E-state index contributed by atoms with van der Waals surface area (Å²) in [5.41, 5.74) is 3.75. The molecule has 0 spiro atoms. The van der Waals surface area contributed by atoms with Gasteiger partial charge < -0.3 is 10.1 Å². The van der Waals surface area contributed by atoms with Crippen molar-refractivity contribution in [1.29, 1.82) is 5.26 Å². The molecule has 0 amide bonds. The molecule has 0 bridgehead atoms. The standard InChI is InChI=1S/C22H17FN6O/c1-13-3-5-17(29-28-13)11-25-22-19-8-14(9-20(30-2)21(19)26-12-27-22)18-6-4-16(23)7-15(18)10-24/h3-9,12H,11H2,1-2H3,(H,25,26,27). The molecule has 0 aliphatic heterocycles. The number of hydrogen-bond donors (Lipinski definition) is 1. The highest BCUT2D eigenvalue weighted by atomic mass is 19.1. The number of methoxy groups -OCH3 is 1. The molecule has 2 heterocycles. The summed E-state index contributed by atoms with van der Waals surface area (Å²) in [5, 5.41) is 21.6. The number of hydrogen-bond acceptors (Lipinski definition) is 7. The van der Waals surface area contributed by atoms with Gasteiger partial charge in [-0.3, -0.25) is 0 Å². The van der Waals surface area contributed by atoms with E-state index in [4.69, 9.17) is 4.74 Å². The van der Waals surface area contributed by atoms with Crippen molar-refractivity contribution in [3.63, 3.8) is 0 Å². The van der Waals surface area contributed by atoms with E-state index in [-0.39, 0.29) is 5.56 Å². The number of fused-ring (bicyclic) bond motifs is 1. The predicted octanol–water partition coefficient (Wildman–Crippen LogP) is 4.03. The molecule has 0 unspecified atom stereocenters. The summed E-state index contributed by atoms with van der Waals surface area (Å²) >= 11 is 0. The fourth-order valence-electron chi connectivity index (χ4n) is 3.14. The van der Waals surface area contributed by atoms with Crippen molar-refractivity contribution in [3.8, 4) is 22.9 Å². The second-order valence-corrected chi connectivity index (χ2v) is 6.62. The van der Waals surface area contributed by atoms with E-state index in [1.807, 2.05) is 31.2 Å². The molecule has 0 radical (unpaired) electrons. The molecule has 2 aromatic heterocycles. The Morgan fingerprint density at radius 2 is 1.97 bits per heavy atom. The monoisotopic (exact) mass is 400 g/mol. The van der Waals surface area contributed by atoms with Gasteiger partial charge in [0, 0.05) is 5.39 Å². The second kappa shape index (κ2) is 8.09. The Kier molecular flexibility index (Phi) is 5.18. The third-order valence-corrected chi connectivity index (χ3v) is 4.63. The van der Waals surface area contributed by atoms with Gasteiger partial charge in [-0.15, -0.1) is 0 Å². The lowest BCUT2D eigenvalue weighted by Gasteiger charge is -2.13. The quantitative estimate of drug-likeness (QED) is 0.540. The molecule has 0 saturated heterocycles. The van der Waals surface area contributed by atoms with Gasteiger partial charge in [-0.1, -0.05) is 6.07 Å². The third-order valence-electron chi connectivity index (χ3n) is 4.63. The maximum atomic E-state index is 13.6. The van der Waals surface area contributed by atoms with Crippen LogP contribution in [0.2, 0.25) is 0 Å². The Morgan fingerprint density at radius 1 is 1.10 bits per heavy atom. The summed E-state index contributed by atoms with van der Waals surface area (Å²) in [6.45, 7) is 2.30. The molecule has 0 saturated carbocycles. The number of anilines is 1. The normalized spacial score (nSPS) is 10.6. The minimum Gasteiger partial charge on any atom is -0.494 e. The van der Waals surface area contributed by atoms with Crippen molar-refractivity contribution in [3.05, 3.63) is 71.6 Å². The lowest BCUT2D eigenvalue weighted by atomic mass is 9.98. The van der Waals surface area contributed by atoms with Gasteiger partial charge in [-0.05, 0) is 54.4 Å². The van der Waals surface area contributed by atoms with Crippen LogP contribution in [-0.4, -0.2) is 27.3 Å². The molecule has 0 aliphatic rings. The summed E-state index contributed by atoms with van der Waals surface area (Å²) in [6, 6.07) is 13.6. The highest BCUT2D eigenvalue weighted by molar-refractivity contribution is 5.97. The van der Waals surface area contributed by atoms with E-state index in [1.54, 1.807) is 19.2 Å². The van der Waals surface area contributed by atoms with Gasteiger partial charge in [0.05, 0.1) is 36.7 Å². The van der Waals surface area contributed by atoms with Crippen molar-refractivity contribution in [2.75, 3.05) is 12.4 Å². The van der Waals surface area contributed by atoms with E-state index < -0.39 is 5.82 Å². The highest BCUT2D eigenvalue weighted by Crippen LogP contribution is 2.35. The van der Waals surface area contributed by atoms with Crippen LogP contribution >= 0.6 is 0 Å². The maximum absolute atomic E-state index is 13.6. The van der Waals surface area contributed by atoms with Crippen molar-refractivity contribution in [2.45, 2.75) is 13.5 Å². The smallest absolute Gasteiger partial charge is 0.145 e. The predicted molar refractivity (Wildman–Crippen MR) is 110 cm³/mol. The fourth-order valence-corrected chi connectivity index (χ4v) is 3.14. The average Bonchev–Trinajstić information content (AvgIpc) is 2.77. The third kappa shape index (κ3) is 3.73. The number of halogens is 1. The van der Waals surface area contributed by atoms with Gasteiger partial charge in [0.25, 0.3) is 0 Å². The second-order valence-electron chi connectivity index (χ2n) is 6.62. The maximum Gasteiger partial charge on any atom is 0.145 e. The molecule has 7 nitrogen and oxygen atoms in total. The van der Waals surface area contributed by atoms with Crippen LogP contribution < -0.4 is 10.1 Å². The summed E-state index contributed by atoms with van der Waals surface area (Å²) in [6.07, 6.45) is 1.45. The van der Waals surface area contributed by atoms with Crippen LogP contribution in [0.4, 0.5) is 10.2 Å². The molecule has 8 heteroatoms. The number of benzene rings is 2. The van der Waals surface area contributed by atoms with Crippen LogP contribution in [-0.2, 0) is 6.54 Å². The Hall–Kier alpha value is -4.12. The van der Waals surface area contributed by atoms with Gasteiger partial charge in [-0.2, -0.15) is 15.5 Å². The first kappa shape index (κ1) is 19.2. The largest absolute Gasteiger partial charge is 0.494 e. The number of nitrogens with one attached hydrogen (secondary N) is 1.